The van der Waals surface area contributed by atoms with E-state index in [1.54, 1.807) is 11.9 Å². The fraction of sp³-hybridized carbons (Fsp3) is 0.467. The van der Waals surface area contributed by atoms with Gasteiger partial charge in [-0.25, -0.2) is 0 Å². The molecule has 1 amide bonds. The Kier molecular flexibility index (Phi) is 2.62. The van der Waals surface area contributed by atoms with E-state index in [0.717, 1.165) is 36.1 Å². The SMILES string of the molecule is CN1C(=O)CCc2cccc(C3(CC(=O)O)CC3)c21. The third-order valence-corrected chi connectivity index (χ3v) is 4.35. The fourth-order valence-electron chi connectivity index (χ4n) is 3.13. The number of fused-ring (bicyclic) bond motifs is 1. The van der Waals surface area contributed by atoms with Gasteiger partial charge in [-0.15, -0.1) is 0 Å². The van der Waals surface area contributed by atoms with Gasteiger partial charge in [-0.2, -0.15) is 0 Å². The molecular formula is C15H17NO3. The third kappa shape index (κ3) is 1.91. The maximum atomic E-state index is 11.9. The van der Waals surface area contributed by atoms with Crippen LogP contribution in [0.3, 0.4) is 0 Å². The summed E-state index contributed by atoms with van der Waals surface area (Å²) < 4.78 is 0. The highest BCUT2D eigenvalue weighted by atomic mass is 16.4. The van der Waals surface area contributed by atoms with Crippen molar-refractivity contribution in [2.75, 3.05) is 11.9 Å². The molecule has 0 atom stereocenters. The summed E-state index contributed by atoms with van der Waals surface area (Å²) in [6.45, 7) is 0. The molecule has 19 heavy (non-hydrogen) atoms. The standard InChI is InChI=1S/C15H17NO3/c1-16-12(17)6-5-10-3-2-4-11(14(10)16)15(7-8-15)9-13(18)19/h2-4H,5-9H2,1H3,(H,18,19). The van der Waals surface area contributed by atoms with Gasteiger partial charge in [0.15, 0.2) is 0 Å². The summed E-state index contributed by atoms with van der Waals surface area (Å²) in [6.07, 6.45) is 3.26. The summed E-state index contributed by atoms with van der Waals surface area (Å²) in [6, 6.07) is 6.02. The van der Waals surface area contributed by atoms with E-state index in [1.807, 2.05) is 18.2 Å². The molecule has 1 saturated carbocycles. The first-order valence-electron chi connectivity index (χ1n) is 6.64. The molecule has 1 aromatic rings. The van der Waals surface area contributed by atoms with Crippen LogP contribution < -0.4 is 4.90 Å². The van der Waals surface area contributed by atoms with Gasteiger partial charge in [0.1, 0.15) is 0 Å². The van der Waals surface area contributed by atoms with Crippen molar-refractivity contribution in [3.8, 4) is 0 Å². The minimum atomic E-state index is -0.764. The lowest BCUT2D eigenvalue weighted by molar-refractivity contribution is -0.137. The molecule has 2 aliphatic rings. The van der Waals surface area contributed by atoms with Gasteiger partial charge in [-0.1, -0.05) is 18.2 Å². The van der Waals surface area contributed by atoms with Crippen LogP contribution in [0.1, 0.15) is 36.8 Å². The lowest BCUT2D eigenvalue weighted by Crippen LogP contribution is -2.33. The lowest BCUT2D eigenvalue weighted by atomic mass is 9.86. The van der Waals surface area contributed by atoms with Crippen LogP contribution >= 0.6 is 0 Å². The van der Waals surface area contributed by atoms with Crippen LogP contribution in [0.5, 0.6) is 0 Å². The highest BCUT2D eigenvalue weighted by molar-refractivity contribution is 5.97. The Balaban J connectivity index is 2.08. The lowest BCUT2D eigenvalue weighted by Gasteiger charge is -2.30. The number of aryl methyl sites for hydroxylation is 1. The Bertz CT molecular complexity index is 561. The number of hydrogen-bond donors (Lipinski definition) is 1. The van der Waals surface area contributed by atoms with E-state index in [-0.39, 0.29) is 17.7 Å². The molecule has 3 rings (SSSR count). The number of nitrogens with zero attached hydrogens (tertiary/aromatic N) is 1. The van der Waals surface area contributed by atoms with E-state index >= 15 is 0 Å². The molecule has 100 valence electrons. The van der Waals surface area contributed by atoms with E-state index in [0.29, 0.717) is 6.42 Å². The number of carboxylic acids is 1. The maximum Gasteiger partial charge on any atom is 0.304 e. The second kappa shape index (κ2) is 4.08. The van der Waals surface area contributed by atoms with E-state index < -0.39 is 5.97 Å². The maximum absolute atomic E-state index is 11.9. The van der Waals surface area contributed by atoms with Crippen molar-refractivity contribution in [1.29, 1.82) is 0 Å². The molecule has 1 aromatic carbocycles. The quantitative estimate of drug-likeness (QED) is 0.904. The second-order valence-electron chi connectivity index (χ2n) is 5.62. The zero-order valence-electron chi connectivity index (χ0n) is 11.0. The molecule has 0 saturated heterocycles. The minimum Gasteiger partial charge on any atom is -0.481 e. The van der Waals surface area contributed by atoms with Crippen LogP contribution in [0.4, 0.5) is 5.69 Å². The molecule has 4 nitrogen and oxygen atoms in total. The van der Waals surface area contributed by atoms with Crippen molar-refractivity contribution in [1.82, 2.24) is 0 Å². The number of aliphatic carboxylic acids is 1. The Morgan fingerprint density at radius 3 is 2.74 bits per heavy atom. The number of carboxylic acid groups (broad SMARTS) is 1. The van der Waals surface area contributed by atoms with E-state index in [9.17, 15) is 9.59 Å². The molecular weight excluding hydrogens is 242 g/mol. The van der Waals surface area contributed by atoms with Gasteiger partial charge in [0.05, 0.1) is 12.1 Å². The summed E-state index contributed by atoms with van der Waals surface area (Å²) in [5.74, 6) is -0.647. The largest absolute Gasteiger partial charge is 0.481 e. The third-order valence-electron chi connectivity index (χ3n) is 4.35. The molecule has 0 bridgehead atoms. The number of carbonyl (C=O) groups is 2. The van der Waals surface area contributed by atoms with E-state index in [1.165, 1.54) is 0 Å². The molecule has 0 unspecified atom stereocenters. The first-order valence-corrected chi connectivity index (χ1v) is 6.64. The number of anilines is 1. The van der Waals surface area contributed by atoms with Crippen LogP contribution in [0.2, 0.25) is 0 Å². The predicted molar refractivity (Wildman–Crippen MR) is 71.3 cm³/mol. The van der Waals surface area contributed by atoms with Crippen LogP contribution in [-0.2, 0) is 21.4 Å². The molecule has 1 heterocycles. The van der Waals surface area contributed by atoms with Gasteiger partial charge < -0.3 is 10.0 Å². The Labute approximate surface area is 112 Å². The molecule has 1 fully saturated rings. The van der Waals surface area contributed by atoms with Crippen LogP contribution in [0.15, 0.2) is 18.2 Å². The normalized spacial score (nSPS) is 20.1. The van der Waals surface area contributed by atoms with Crippen molar-refractivity contribution in [2.24, 2.45) is 0 Å². The predicted octanol–water partition coefficient (Wildman–Crippen LogP) is 2.10. The zero-order valence-corrected chi connectivity index (χ0v) is 11.0. The van der Waals surface area contributed by atoms with Crippen molar-refractivity contribution in [3.63, 3.8) is 0 Å². The monoisotopic (exact) mass is 259 g/mol. The van der Waals surface area contributed by atoms with Gasteiger partial charge in [-0.05, 0) is 30.4 Å². The molecule has 0 aromatic heterocycles. The van der Waals surface area contributed by atoms with Crippen molar-refractivity contribution in [3.05, 3.63) is 29.3 Å². The van der Waals surface area contributed by atoms with Crippen molar-refractivity contribution >= 4 is 17.6 Å². The van der Waals surface area contributed by atoms with Gasteiger partial charge in [0, 0.05) is 18.9 Å². The zero-order chi connectivity index (χ0) is 13.6. The van der Waals surface area contributed by atoms with Gasteiger partial charge in [0.25, 0.3) is 0 Å². The van der Waals surface area contributed by atoms with Crippen molar-refractivity contribution in [2.45, 2.75) is 37.5 Å². The number of carbonyl (C=O) groups excluding carboxylic acids is 1. The molecule has 1 aliphatic heterocycles. The first kappa shape index (κ1) is 12.2. The van der Waals surface area contributed by atoms with E-state index in [2.05, 4.69) is 0 Å². The summed E-state index contributed by atoms with van der Waals surface area (Å²) in [7, 11) is 1.79. The molecule has 0 radical (unpaired) electrons. The smallest absolute Gasteiger partial charge is 0.304 e. The van der Waals surface area contributed by atoms with Crippen LogP contribution in [-0.4, -0.2) is 24.0 Å². The molecule has 0 spiro atoms. The minimum absolute atomic E-state index is 0.117. The van der Waals surface area contributed by atoms with E-state index in [4.69, 9.17) is 5.11 Å². The van der Waals surface area contributed by atoms with Crippen LogP contribution in [0.25, 0.3) is 0 Å². The molecule has 1 N–H and O–H groups in total. The Morgan fingerprint density at radius 2 is 2.11 bits per heavy atom. The Morgan fingerprint density at radius 1 is 1.37 bits per heavy atom. The number of rotatable bonds is 3. The number of para-hydroxylation sites is 1. The highest BCUT2D eigenvalue weighted by Crippen LogP contribution is 2.54. The summed E-state index contributed by atoms with van der Waals surface area (Å²) in [4.78, 5) is 24.7. The fourth-order valence-corrected chi connectivity index (χ4v) is 3.13. The van der Waals surface area contributed by atoms with Crippen LogP contribution in [0, 0.1) is 0 Å². The van der Waals surface area contributed by atoms with Gasteiger partial charge >= 0.3 is 5.97 Å². The molecule has 1 aliphatic carbocycles. The van der Waals surface area contributed by atoms with Crippen molar-refractivity contribution < 1.29 is 14.7 Å². The highest BCUT2D eigenvalue weighted by Gasteiger charge is 2.48. The summed E-state index contributed by atoms with van der Waals surface area (Å²) in [5, 5.41) is 9.09. The first-order chi connectivity index (χ1) is 9.03. The number of benzene rings is 1. The average molecular weight is 259 g/mol. The average Bonchev–Trinajstić information content (AvgIpc) is 3.13. The Hall–Kier alpha value is -1.84. The number of amides is 1. The topological polar surface area (TPSA) is 57.6 Å². The van der Waals surface area contributed by atoms with Gasteiger partial charge in [-0.3, -0.25) is 9.59 Å². The van der Waals surface area contributed by atoms with Gasteiger partial charge in [0.2, 0.25) is 5.91 Å². The number of hydrogen-bond acceptors (Lipinski definition) is 2. The second-order valence-corrected chi connectivity index (χ2v) is 5.62. The molecule has 4 heteroatoms. The summed E-state index contributed by atoms with van der Waals surface area (Å²) >= 11 is 0. The summed E-state index contributed by atoms with van der Waals surface area (Å²) in [5.41, 5.74) is 2.92.